The molecule has 1 saturated heterocycles. The Labute approximate surface area is 115 Å². The number of carbonyl (C=O) groups excluding carboxylic acids is 1. The number of hydrogen-bond acceptors (Lipinski definition) is 3. The van der Waals surface area contributed by atoms with Gasteiger partial charge in [0, 0.05) is 24.8 Å². The molecular formula is C15H23N3O. The SMILES string of the molecule is CCc1ccccc1N1C(C)CCNC(=O)C1CN. The number of para-hydroxylation sites is 1. The highest BCUT2D eigenvalue weighted by Gasteiger charge is 2.32. The molecule has 1 aromatic rings. The number of nitrogens with two attached hydrogens (primary N) is 1. The summed E-state index contributed by atoms with van der Waals surface area (Å²) in [5.41, 5.74) is 8.25. The maximum Gasteiger partial charge on any atom is 0.244 e. The third-order valence-corrected chi connectivity index (χ3v) is 3.85. The van der Waals surface area contributed by atoms with Crippen LogP contribution in [0.25, 0.3) is 0 Å². The maximum atomic E-state index is 12.1. The first kappa shape index (κ1) is 13.9. The van der Waals surface area contributed by atoms with Crippen molar-refractivity contribution in [2.75, 3.05) is 18.0 Å². The fourth-order valence-corrected chi connectivity index (χ4v) is 2.78. The van der Waals surface area contributed by atoms with Gasteiger partial charge in [0.1, 0.15) is 6.04 Å². The van der Waals surface area contributed by atoms with Crippen LogP contribution in [0.2, 0.25) is 0 Å². The molecule has 0 saturated carbocycles. The van der Waals surface area contributed by atoms with Gasteiger partial charge in [-0.3, -0.25) is 4.79 Å². The molecule has 0 aromatic heterocycles. The Balaban J connectivity index is 2.44. The molecule has 2 rings (SSSR count). The topological polar surface area (TPSA) is 58.4 Å². The monoisotopic (exact) mass is 261 g/mol. The molecule has 1 heterocycles. The second kappa shape index (κ2) is 6.06. The summed E-state index contributed by atoms with van der Waals surface area (Å²) in [6.07, 6.45) is 1.90. The molecule has 0 radical (unpaired) electrons. The van der Waals surface area contributed by atoms with Gasteiger partial charge < -0.3 is 16.0 Å². The van der Waals surface area contributed by atoms with Crippen LogP contribution >= 0.6 is 0 Å². The van der Waals surface area contributed by atoms with E-state index in [1.807, 2.05) is 12.1 Å². The van der Waals surface area contributed by atoms with Crippen molar-refractivity contribution < 1.29 is 4.79 Å². The number of nitrogens with one attached hydrogen (secondary N) is 1. The predicted octanol–water partition coefficient (Wildman–Crippen LogP) is 1.29. The smallest absolute Gasteiger partial charge is 0.244 e. The summed E-state index contributed by atoms with van der Waals surface area (Å²) >= 11 is 0. The van der Waals surface area contributed by atoms with Gasteiger partial charge in [0.25, 0.3) is 0 Å². The molecule has 0 bridgehead atoms. The Hall–Kier alpha value is -1.55. The first-order valence-electron chi connectivity index (χ1n) is 7.03. The number of nitrogens with zero attached hydrogens (tertiary/aromatic N) is 1. The fraction of sp³-hybridized carbons (Fsp3) is 0.533. The second-order valence-electron chi connectivity index (χ2n) is 5.07. The molecule has 3 N–H and O–H groups in total. The van der Waals surface area contributed by atoms with E-state index in [0.29, 0.717) is 12.6 Å². The lowest BCUT2D eigenvalue weighted by Crippen LogP contribution is -2.51. The van der Waals surface area contributed by atoms with Crippen LogP contribution in [0, 0.1) is 0 Å². The summed E-state index contributed by atoms with van der Waals surface area (Å²) < 4.78 is 0. The quantitative estimate of drug-likeness (QED) is 0.862. The summed E-state index contributed by atoms with van der Waals surface area (Å²) in [4.78, 5) is 14.3. The zero-order chi connectivity index (χ0) is 13.8. The van der Waals surface area contributed by atoms with E-state index in [2.05, 4.69) is 36.2 Å². The number of rotatable bonds is 3. The van der Waals surface area contributed by atoms with Crippen LogP contribution in [-0.4, -0.2) is 31.1 Å². The largest absolute Gasteiger partial charge is 0.355 e. The van der Waals surface area contributed by atoms with Crippen molar-refractivity contribution in [2.45, 2.75) is 38.8 Å². The number of amides is 1. The summed E-state index contributed by atoms with van der Waals surface area (Å²) in [6.45, 7) is 5.36. The number of benzene rings is 1. The molecule has 2 unspecified atom stereocenters. The third kappa shape index (κ3) is 2.73. The van der Waals surface area contributed by atoms with Gasteiger partial charge in [-0.15, -0.1) is 0 Å². The van der Waals surface area contributed by atoms with E-state index in [9.17, 15) is 4.79 Å². The van der Waals surface area contributed by atoms with E-state index in [4.69, 9.17) is 5.73 Å². The summed E-state index contributed by atoms with van der Waals surface area (Å²) in [6, 6.07) is 8.32. The molecular weight excluding hydrogens is 238 g/mol. The molecule has 104 valence electrons. The van der Waals surface area contributed by atoms with Crippen molar-refractivity contribution in [3.05, 3.63) is 29.8 Å². The maximum absolute atomic E-state index is 12.1. The number of carbonyl (C=O) groups is 1. The molecule has 1 fully saturated rings. The van der Waals surface area contributed by atoms with Crippen molar-refractivity contribution >= 4 is 11.6 Å². The zero-order valence-electron chi connectivity index (χ0n) is 11.7. The molecule has 4 heteroatoms. The molecule has 1 aliphatic heterocycles. The summed E-state index contributed by atoms with van der Waals surface area (Å²) in [5.74, 6) is 0.0396. The van der Waals surface area contributed by atoms with E-state index < -0.39 is 0 Å². The van der Waals surface area contributed by atoms with E-state index in [1.54, 1.807) is 0 Å². The van der Waals surface area contributed by atoms with Gasteiger partial charge in [-0.2, -0.15) is 0 Å². The first-order chi connectivity index (χ1) is 9.19. The van der Waals surface area contributed by atoms with E-state index in [-0.39, 0.29) is 11.9 Å². The van der Waals surface area contributed by atoms with E-state index in [1.165, 1.54) is 5.56 Å². The van der Waals surface area contributed by atoms with Crippen LogP contribution in [-0.2, 0) is 11.2 Å². The van der Waals surface area contributed by atoms with Crippen LogP contribution in [0.1, 0.15) is 25.8 Å². The molecule has 1 amide bonds. The molecule has 1 aliphatic rings. The Morgan fingerprint density at radius 2 is 2.16 bits per heavy atom. The summed E-state index contributed by atoms with van der Waals surface area (Å²) in [7, 11) is 0. The molecule has 19 heavy (non-hydrogen) atoms. The van der Waals surface area contributed by atoms with Crippen molar-refractivity contribution in [1.29, 1.82) is 0 Å². The predicted molar refractivity (Wildman–Crippen MR) is 78.2 cm³/mol. The lowest BCUT2D eigenvalue weighted by molar-refractivity contribution is -0.121. The number of hydrogen-bond donors (Lipinski definition) is 2. The average molecular weight is 261 g/mol. The van der Waals surface area contributed by atoms with E-state index in [0.717, 1.165) is 25.1 Å². The first-order valence-corrected chi connectivity index (χ1v) is 7.03. The number of anilines is 1. The highest BCUT2D eigenvalue weighted by atomic mass is 16.2. The Kier molecular flexibility index (Phi) is 4.43. The van der Waals surface area contributed by atoms with Gasteiger partial charge in [-0.1, -0.05) is 25.1 Å². The normalized spacial score (nSPS) is 23.9. The summed E-state index contributed by atoms with van der Waals surface area (Å²) in [5, 5.41) is 2.95. The lowest BCUT2D eigenvalue weighted by Gasteiger charge is -2.36. The molecule has 2 atom stereocenters. The fourth-order valence-electron chi connectivity index (χ4n) is 2.78. The standard InChI is InChI=1S/C15H23N3O/c1-3-12-6-4-5-7-13(12)18-11(2)8-9-17-15(19)14(18)10-16/h4-7,11,14H,3,8-10,16H2,1-2H3,(H,17,19). The van der Waals surface area contributed by atoms with E-state index >= 15 is 0 Å². The van der Waals surface area contributed by atoms with Gasteiger partial charge in [-0.25, -0.2) is 0 Å². The van der Waals surface area contributed by atoms with Crippen molar-refractivity contribution in [1.82, 2.24) is 5.32 Å². The van der Waals surface area contributed by atoms with Crippen LogP contribution in [0.5, 0.6) is 0 Å². The molecule has 1 aromatic carbocycles. The average Bonchev–Trinajstić information content (AvgIpc) is 2.57. The van der Waals surface area contributed by atoms with Gasteiger partial charge >= 0.3 is 0 Å². The molecule has 0 aliphatic carbocycles. The minimum Gasteiger partial charge on any atom is -0.355 e. The van der Waals surface area contributed by atoms with Gasteiger partial charge in [-0.05, 0) is 31.4 Å². The van der Waals surface area contributed by atoms with Crippen LogP contribution < -0.4 is 16.0 Å². The molecule has 4 nitrogen and oxygen atoms in total. The molecule has 0 spiro atoms. The third-order valence-electron chi connectivity index (χ3n) is 3.85. The van der Waals surface area contributed by atoms with Crippen molar-refractivity contribution in [3.63, 3.8) is 0 Å². The van der Waals surface area contributed by atoms with Gasteiger partial charge in [0.2, 0.25) is 5.91 Å². The lowest BCUT2D eigenvalue weighted by atomic mass is 10.0. The Morgan fingerprint density at radius 3 is 2.84 bits per heavy atom. The Morgan fingerprint density at radius 1 is 1.42 bits per heavy atom. The second-order valence-corrected chi connectivity index (χ2v) is 5.07. The van der Waals surface area contributed by atoms with Crippen molar-refractivity contribution in [3.8, 4) is 0 Å². The van der Waals surface area contributed by atoms with Gasteiger partial charge in [0.15, 0.2) is 0 Å². The van der Waals surface area contributed by atoms with Crippen LogP contribution in [0.4, 0.5) is 5.69 Å². The minimum absolute atomic E-state index is 0.0396. The minimum atomic E-state index is -0.273. The van der Waals surface area contributed by atoms with Gasteiger partial charge in [0.05, 0.1) is 0 Å². The van der Waals surface area contributed by atoms with Crippen LogP contribution in [0.15, 0.2) is 24.3 Å². The van der Waals surface area contributed by atoms with Crippen molar-refractivity contribution in [2.24, 2.45) is 5.73 Å². The number of aryl methyl sites for hydroxylation is 1. The highest BCUT2D eigenvalue weighted by Crippen LogP contribution is 2.27. The zero-order valence-corrected chi connectivity index (χ0v) is 11.7. The highest BCUT2D eigenvalue weighted by molar-refractivity contribution is 5.86. The van der Waals surface area contributed by atoms with Crippen LogP contribution in [0.3, 0.4) is 0 Å². The Bertz CT molecular complexity index is 447.